The molecule has 2 aliphatic heterocycles. The van der Waals surface area contributed by atoms with Crippen LogP contribution in [0.4, 0.5) is 10.5 Å². The number of methoxy groups -OCH3 is 2. The van der Waals surface area contributed by atoms with E-state index < -0.39 is 11.6 Å². The molecule has 0 aliphatic carbocycles. The third-order valence-electron chi connectivity index (χ3n) is 6.41. The smallest absolute Gasteiger partial charge is 0.319 e. The quantitative estimate of drug-likeness (QED) is 0.766. The lowest BCUT2D eigenvalue weighted by Gasteiger charge is -2.23. The first-order valence-electron chi connectivity index (χ1n) is 10.8. The van der Waals surface area contributed by atoms with Gasteiger partial charge in [-0.2, -0.15) is 0 Å². The van der Waals surface area contributed by atoms with Crippen LogP contribution in [0.3, 0.4) is 0 Å². The van der Waals surface area contributed by atoms with Gasteiger partial charge in [-0.25, -0.2) is 4.79 Å². The van der Waals surface area contributed by atoms with Crippen LogP contribution in [0.5, 0.6) is 11.5 Å². The molecule has 7 heteroatoms. The van der Waals surface area contributed by atoms with Crippen molar-refractivity contribution in [2.75, 3.05) is 32.2 Å². The van der Waals surface area contributed by atoms with Crippen molar-refractivity contribution in [3.8, 4) is 11.5 Å². The number of aliphatic hydroxyl groups is 1. The van der Waals surface area contributed by atoms with Gasteiger partial charge in [-0.15, -0.1) is 0 Å². The maximum Gasteiger partial charge on any atom is 0.319 e. The zero-order valence-electron chi connectivity index (χ0n) is 19.1. The predicted octanol–water partition coefficient (Wildman–Crippen LogP) is 3.38. The van der Waals surface area contributed by atoms with E-state index in [0.29, 0.717) is 24.5 Å². The zero-order chi connectivity index (χ0) is 23.0. The van der Waals surface area contributed by atoms with E-state index in [0.717, 1.165) is 40.9 Å². The number of β-amino-alcohol motifs (C(OH)–C–C–N with tert-alkyl or cyclic N) is 1. The Kier molecular flexibility index (Phi) is 5.77. The minimum absolute atomic E-state index is 0.104. The van der Waals surface area contributed by atoms with Crippen LogP contribution in [0, 0.1) is 0 Å². The van der Waals surface area contributed by atoms with Gasteiger partial charge < -0.3 is 25.2 Å². The Labute approximate surface area is 189 Å². The first kappa shape index (κ1) is 22.0. The summed E-state index contributed by atoms with van der Waals surface area (Å²) in [5.74, 6) is 1.29. The van der Waals surface area contributed by atoms with Gasteiger partial charge in [0.2, 0.25) is 0 Å². The van der Waals surface area contributed by atoms with E-state index in [-0.39, 0.29) is 6.04 Å². The van der Waals surface area contributed by atoms with Gasteiger partial charge in [0.15, 0.2) is 11.5 Å². The molecule has 0 saturated carbocycles. The molecule has 0 bridgehead atoms. The van der Waals surface area contributed by atoms with Gasteiger partial charge in [0.1, 0.15) is 0 Å². The van der Waals surface area contributed by atoms with Gasteiger partial charge in [0.25, 0.3) is 0 Å². The van der Waals surface area contributed by atoms with E-state index in [1.165, 1.54) is 0 Å². The Morgan fingerprint density at radius 3 is 2.38 bits per heavy atom. The van der Waals surface area contributed by atoms with Crippen LogP contribution in [0.15, 0.2) is 42.6 Å². The minimum Gasteiger partial charge on any atom is -0.493 e. The molecule has 0 radical (unpaired) electrons. The average molecular weight is 438 g/mol. The number of carbonyl (C=O) groups excluding carboxylic acids is 1. The monoisotopic (exact) mass is 437 g/mol. The van der Waals surface area contributed by atoms with Gasteiger partial charge in [-0.1, -0.05) is 12.1 Å². The van der Waals surface area contributed by atoms with E-state index in [9.17, 15) is 9.90 Å². The number of amides is 2. The van der Waals surface area contributed by atoms with Crippen LogP contribution < -0.4 is 20.1 Å². The van der Waals surface area contributed by atoms with E-state index in [1.807, 2.05) is 44.3 Å². The van der Waals surface area contributed by atoms with E-state index >= 15 is 0 Å². The summed E-state index contributed by atoms with van der Waals surface area (Å²) in [6, 6.07) is 11.5. The molecule has 2 atom stereocenters. The Balaban J connectivity index is 1.78. The second kappa shape index (κ2) is 8.39. The van der Waals surface area contributed by atoms with Gasteiger partial charge in [0, 0.05) is 36.6 Å². The summed E-state index contributed by atoms with van der Waals surface area (Å²) in [6.45, 7) is 5.28. The van der Waals surface area contributed by atoms with Crippen LogP contribution in [-0.4, -0.2) is 55.0 Å². The highest BCUT2D eigenvalue weighted by molar-refractivity contribution is 5.86. The van der Waals surface area contributed by atoms with Crippen molar-refractivity contribution in [3.63, 3.8) is 0 Å². The molecule has 7 nitrogen and oxygen atoms in total. The number of anilines is 1. The summed E-state index contributed by atoms with van der Waals surface area (Å²) in [6.07, 6.45) is 3.22. The SMILES string of the molecule is COc1cc2c(cc1OC)C(c1ccc(N3CCC(C)(O)C3)cc1)=CN(C(N)=O)C(C)C2. The molecule has 170 valence electrons. The lowest BCUT2D eigenvalue weighted by molar-refractivity contribution is 0.0839. The second-order valence-electron chi connectivity index (χ2n) is 8.92. The number of rotatable bonds is 4. The normalized spacial score (nSPS) is 22.8. The fraction of sp³-hybridized carbons (Fsp3) is 0.400. The minimum atomic E-state index is -0.658. The third kappa shape index (κ3) is 4.12. The number of fused-ring (bicyclic) bond motifs is 1. The zero-order valence-corrected chi connectivity index (χ0v) is 19.1. The van der Waals surface area contributed by atoms with Crippen LogP contribution in [0.2, 0.25) is 0 Å². The first-order chi connectivity index (χ1) is 15.2. The molecule has 2 unspecified atom stereocenters. The predicted molar refractivity (Wildman–Crippen MR) is 125 cm³/mol. The van der Waals surface area contributed by atoms with Crippen molar-refractivity contribution in [3.05, 3.63) is 59.3 Å². The number of hydrogen-bond donors (Lipinski definition) is 2. The number of hydrogen-bond acceptors (Lipinski definition) is 5. The summed E-state index contributed by atoms with van der Waals surface area (Å²) in [4.78, 5) is 16.0. The van der Waals surface area contributed by atoms with Crippen molar-refractivity contribution in [2.24, 2.45) is 5.73 Å². The van der Waals surface area contributed by atoms with Crippen molar-refractivity contribution in [1.82, 2.24) is 4.90 Å². The highest BCUT2D eigenvalue weighted by atomic mass is 16.5. The highest BCUT2D eigenvalue weighted by Crippen LogP contribution is 2.39. The van der Waals surface area contributed by atoms with Crippen molar-refractivity contribution in [2.45, 2.75) is 38.3 Å². The molecule has 2 heterocycles. The Morgan fingerprint density at radius 2 is 1.81 bits per heavy atom. The van der Waals surface area contributed by atoms with Crippen LogP contribution >= 0.6 is 0 Å². The van der Waals surface area contributed by atoms with E-state index in [4.69, 9.17) is 15.2 Å². The van der Waals surface area contributed by atoms with Crippen molar-refractivity contribution >= 4 is 17.3 Å². The lowest BCUT2D eigenvalue weighted by atomic mass is 9.92. The third-order valence-corrected chi connectivity index (χ3v) is 6.41. The highest BCUT2D eigenvalue weighted by Gasteiger charge is 2.31. The first-order valence-corrected chi connectivity index (χ1v) is 10.8. The van der Waals surface area contributed by atoms with Gasteiger partial charge >= 0.3 is 6.03 Å². The van der Waals surface area contributed by atoms with Gasteiger partial charge in [-0.05, 0) is 67.6 Å². The Morgan fingerprint density at radius 1 is 1.16 bits per heavy atom. The average Bonchev–Trinajstić information content (AvgIpc) is 3.06. The summed E-state index contributed by atoms with van der Waals surface area (Å²) < 4.78 is 11.1. The Hall–Kier alpha value is -3.19. The molecule has 3 N–H and O–H groups in total. The summed E-state index contributed by atoms with van der Waals surface area (Å²) in [5, 5.41) is 10.3. The maximum absolute atomic E-state index is 12.2. The fourth-order valence-electron chi connectivity index (χ4n) is 4.62. The molecule has 2 aromatic carbocycles. The fourth-order valence-corrected chi connectivity index (χ4v) is 4.62. The van der Waals surface area contributed by atoms with Gasteiger partial charge in [0.05, 0.1) is 19.8 Å². The standard InChI is InChI=1S/C25H31N3O4/c1-16-11-18-12-22(31-3)23(32-4)13-20(18)21(14-28(16)24(26)29)17-5-7-19(8-6-17)27-10-9-25(2,30)15-27/h5-8,12-14,16,30H,9-11,15H2,1-4H3,(H2,26,29). The number of ether oxygens (including phenoxy) is 2. The molecule has 2 aromatic rings. The molecule has 2 amide bonds. The topological polar surface area (TPSA) is 88.3 Å². The van der Waals surface area contributed by atoms with E-state index in [1.54, 1.807) is 19.1 Å². The summed E-state index contributed by atoms with van der Waals surface area (Å²) in [5.41, 5.74) is 10.0. The molecular weight excluding hydrogens is 406 g/mol. The molecule has 4 rings (SSSR count). The molecular formula is C25H31N3O4. The summed E-state index contributed by atoms with van der Waals surface area (Å²) >= 11 is 0. The molecule has 0 aromatic heterocycles. The van der Waals surface area contributed by atoms with Crippen molar-refractivity contribution < 1.29 is 19.4 Å². The second-order valence-corrected chi connectivity index (χ2v) is 8.92. The van der Waals surface area contributed by atoms with Crippen LogP contribution in [-0.2, 0) is 6.42 Å². The number of urea groups is 1. The van der Waals surface area contributed by atoms with Crippen LogP contribution in [0.1, 0.15) is 37.0 Å². The van der Waals surface area contributed by atoms with E-state index in [2.05, 4.69) is 17.0 Å². The number of nitrogens with two attached hydrogens (primary N) is 1. The van der Waals surface area contributed by atoms with Gasteiger partial charge in [-0.3, -0.25) is 4.90 Å². The maximum atomic E-state index is 12.2. The largest absolute Gasteiger partial charge is 0.493 e. The summed E-state index contributed by atoms with van der Waals surface area (Å²) in [7, 11) is 3.23. The molecule has 1 fully saturated rings. The number of carbonyl (C=O) groups is 1. The number of nitrogens with zero attached hydrogens (tertiary/aromatic N) is 2. The molecule has 1 saturated heterocycles. The number of primary amides is 1. The molecule has 32 heavy (non-hydrogen) atoms. The Bertz CT molecular complexity index is 1050. The number of benzene rings is 2. The lowest BCUT2D eigenvalue weighted by Crippen LogP contribution is -2.38. The molecule has 0 spiro atoms. The molecule has 2 aliphatic rings. The van der Waals surface area contributed by atoms with Crippen LogP contribution in [0.25, 0.3) is 5.57 Å². The van der Waals surface area contributed by atoms with Crippen molar-refractivity contribution in [1.29, 1.82) is 0 Å².